The molecular formula is C10H22O4. The molecule has 4 nitrogen and oxygen atoms in total. The second-order valence-electron chi connectivity index (χ2n) is 3.36. The van der Waals surface area contributed by atoms with Crippen LogP contribution >= 0.6 is 0 Å². The summed E-state index contributed by atoms with van der Waals surface area (Å²) in [4.78, 5) is 9.50. The summed E-state index contributed by atoms with van der Waals surface area (Å²) in [6.45, 7) is 2.48. The zero-order valence-electron chi connectivity index (χ0n) is 8.95. The molecule has 0 amide bonds. The first kappa shape index (κ1) is 13.8. The average molecular weight is 206 g/mol. The molecule has 0 fully saturated rings. The van der Waals surface area contributed by atoms with Gasteiger partial charge in [-0.2, -0.15) is 0 Å². The van der Waals surface area contributed by atoms with E-state index in [0.29, 0.717) is 6.61 Å². The van der Waals surface area contributed by atoms with E-state index in [1.165, 1.54) is 19.3 Å². The van der Waals surface area contributed by atoms with Crippen molar-refractivity contribution in [3.05, 3.63) is 0 Å². The molecule has 1 unspecified atom stereocenters. The van der Waals surface area contributed by atoms with Crippen LogP contribution in [0.5, 0.6) is 0 Å². The largest absolute Gasteiger partial charge is 0.394 e. The van der Waals surface area contributed by atoms with Gasteiger partial charge < -0.3 is 10.2 Å². The fraction of sp³-hybridized carbons (Fsp3) is 1.00. The van der Waals surface area contributed by atoms with Crippen LogP contribution < -0.4 is 0 Å². The molecule has 4 heteroatoms. The molecule has 0 rings (SSSR count). The highest BCUT2D eigenvalue weighted by Crippen LogP contribution is 2.02. The fourth-order valence-electron chi connectivity index (χ4n) is 1.00. The third-order valence-corrected chi connectivity index (χ3v) is 1.89. The molecule has 1 atom stereocenters. The van der Waals surface area contributed by atoms with Crippen LogP contribution in [0, 0.1) is 0 Å². The van der Waals surface area contributed by atoms with Crippen molar-refractivity contribution in [1.29, 1.82) is 0 Å². The Hall–Kier alpha value is -0.160. The minimum absolute atomic E-state index is 0.0332. The molecule has 0 bridgehead atoms. The van der Waals surface area contributed by atoms with Crippen LogP contribution in [0.4, 0.5) is 0 Å². The van der Waals surface area contributed by atoms with E-state index < -0.39 is 6.10 Å². The van der Waals surface area contributed by atoms with Crippen molar-refractivity contribution < 1.29 is 20.0 Å². The standard InChI is InChI=1S/C10H22O4/c1-2-3-4-5-6-7-13-14-9-10(12)8-11/h10-12H,2-9H2,1H3. The monoisotopic (exact) mass is 206 g/mol. The lowest BCUT2D eigenvalue weighted by atomic mass is 10.2. The lowest BCUT2D eigenvalue weighted by Gasteiger charge is -2.07. The van der Waals surface area contributed by atoms with Gasteiger partial charge in [0.1, 0.15) is 12.7 Å². The van der Waals surface area contributed by atoms with Crippen LogP contribution in [0.3, 0.4) is 0 Å². The van der Waals surface area contributed by atoms with Gasteiger partial charge in [-0.3, -0.25) is 0 Å². The van der Waals surface area contributed by atoms with Crippen molar-refractivity contribution >= 4 is 0 Å². The van der Waals surface area contributed by atoms with Gasteiger partial charge in [-0.15, -0.1) is 0 Å². The summed E-state index contributed by atoms with van der Waals surface area (Å²) >= 11 is 0. The Morgan fingerprint density at radius 2 is 1.79 bits per heavy atom. The van der Waals surface area contributed by atoms with E-state index in [2.05, 4.69) is 11.8 Å². The number of unbranched alkanes of at least 4 members (excludes halogenated alkanes) is 4. The summed E-state index contributed by atoms with van der Waals surface area (Å²) in [6.07, 6.45) is 5.04. The SMILES string of the molecule is CCCCCCCOOCC(O)CO. The molecule has 0 aliphatic rings. The highest BCUT2D eigenvalue weighted by Gasteiger charge is 2.01. The zero-order chi connectivity index (χ0) is 10.6. The van der Waals surface area contributed by atoms with Crippen LogP contribution in [0.25, 0.3) is 0 Å². The van der Waals surface area contributed by atoms with E-state index in [-0.39, 0.29) is 13.2 Å². The average Bonchev–Trinajstić information content (AvgIpc) is 2.21. The molecule has 0 aliphatic carbocycles. The number of aliphatic hydroxyl groups is 2. The van der Waals surface area contributed by atoms with Crippen molar-refractivity contribution in [2.75, 3.05) is 19.8 Å². The summed E-state index contributed by atoms with van der Waals surface area (Å²) in [6, 6.07) is 0. The van der Waals surface area contributed by atoms with Gasteiger partial charge in [-0.05, 0) is 6.42 Å². The maximum absolute atomic E-state index is 8.88. The highest BCUT2D eigenvalue weighted by molar-refractivity contribution is 4.46. The summed E-state index contributed by atoms with van der Waals surface area (Å²) in [5.74, 6) is 0. The molecule has 0 radical (unpaired) electrons. The minimum atomic E-state index is -0.838. The third kappa shape index (κ3) is 9.92. The molecular weight excluding hydrogens is 184 g/mol. The van der Waals surface area contributed by atoms with Gasteiger partial charge in [-0.1, -0.05) is 32.6 Å². The van der Waals surface area contributed by atoms with E-state index in [4.69, 9.17) is 15.1 Å². The summed E-state index contributed by atoms with van der Waals surface area (Å²) in [7, 11) is 0. The van der Waals surface area contributed by atoms with Crippen LogP contribution in [-0.4, -0.2) is 36.1 Å². The van der Waals surface area contributed by atoms with Gasteiger partial charge in [0, 0.05) is 0 Å². The molecule has 0 saturated heterocycles. The van der Waals surface area contributed by atoms with Crippen LogP contribution in [0.2, 0.25) is 0 Å². The Morgan fingerprint density at radius 3 is 2.43 bits per heavy atom. The molecule has 0 aromatic heterocycles. The number of rotatable bonds is 10. The second-order valence-corrected chi connectivity index (χ2v) is 3.36. The molecule has 0 aromatic carbocycles. The van der Waals surface area contributed by atoms with Crippen LogP contribution in [-0.2, 0) is 9.78 Å². The topological polar surface area (TPSA) is 58.9 Å². The maximum Gasteiger partial charge on any atom is 0.110 e. The lowest BCUT2D eigenvalue weighted by Crippen LogP contribution is -2.19. The normalized spacial score (nSPS) is 13.1. The minimum Gasteiger partial charge on any atom is -0.394 e. The molecule has 0 spiro atoms. The Kier molecular flexibility index (Phi) is 10.8. The van der Waals surface area contributed by atoms with Crippen molar-refractivity contribution in [1.82, 2.24) is 0 Å². The maximum atomic E-state index is 8.88. The summed E-state index contributed by atoms with van der Waals surface area (Å²) in [5, 5.41) is 17.3. The van der Waals surface area contributed by atoms with Crippen molar-refractivity contribution in [3.8, 4) is 0 Å². The molecule has 0 aromatic rings. The van der Waals surface area contributed by atoms with Crippen molar-refractivity contribution in [2.24, 2.45) is 0 Å². The molecule has 86 valence electrons. The summed E-state index contributed by atoms with van der Waals surface area (Å²) in [5.41, 5.74) is 0. The van der Waals surface area contributed by atoms with Gasteiger partial charge in [0.2, 0.25) is 0 Å². The van der Waals surface area contributed by atoms with Crippen molar-refractivity contribution in [3.63, 3.8) is 0 Å². The van der Waals surface area contributed by atoms with E-state index >= 15 is 0 Å². The van der Waals surface area contributed by atoms with E-state index in [0.717, 1.165) is 12.8 Å². The number of hydrogen-bond donors (Lipinski definition) is 2. The first-order chi connectivity index (χ1) is 6.81. The Labute approximate surface area is 85.8 Å². The van der Waals surface area contributed by atoms with Gasteiger partial charge in [0.15, 0.2) is 0 Å². The van der Waals surface area contributed by atoms with E-state index in [1.54, 1.807) is 0 Å². The van der Waals surface area contributed by atoms with Crippen LogP contribution in [0.15, 0.2) is 0 Å². The Balaban J connectivity index is 2.92. The highest BCUT2D eigenvalue weighted by atomic mass is 17.2. The molecule has 0 aliphatic heterocycles. The molecule has 14 heavy (non-hydrogen) atoms. The van der Waals surface area contributed by atoms with Gasteiger partial charge in [-0.25, -0.2) is 9.78 Å². The fourth-order valence-corrected chi connectivity index (χ4v) is 1.00. The lowest BCUT2D eigenvalue weighted by molar-refractivity contribution is -0.306. The van der Waals surface area contributed by atoms with Crippen molar-refractivity contribution in [2.45, 2.75) is 45.1 Å². The van der Waals surface area contributed by atoms with Gasteiger partial charge in [0.05, 0.1) is 13.2 Å². The molecule has 0 saturated carbocycles. The van der Waals surface area contributed by atoms with E-state index in [9.17, 15) is 0 Å². The number of hydrogen-bond acceptors (Lipinski definition) is 4. The zero-order valence-corrected chi connectivity index (χ0v) is 8.95. The predicted molar refractivity (Wildman–Crippen MR) is 53.8 cm³/mol. The second kappa shape index (κ2) is 10.9. The Morgan fingerprint density at radius 1 is 1.07 bits per heavy atom. The molecule has 2 N–H and O–H groups in total. The smallest absolute Gasteiger partial charge is 0.110 e. The first-order valence-electron chi connectivity index (χ1n) is 5.34. The predicted octanol–water partition coefficient (Wildman–Crippen LogP) is 1.26. The quantitative estimate of drug-likeness (QED) is 0.321. The Bertz CT molecular complexity index is 108. The number of aliphatic hydroxyl groups excluding tert-OH is 2. The summed E-state index contributed by atoms with van der Waals surface area (Å²) < 4.78 is 0. The first-order valence-corrected chi connectivity index (χ1v) is 5.34. The van der Waals surface area contributed by atoms with Gasteiger partial charge in [0.25, 0.3) is 0 Å². The third-order valence-electron chi connectivity index (χ3n) is 1.89. The molecule has 0 heterocycles. The van der Waals surface area contributed by atoms with Crippen LogP contribution in [0.1, 0.15) is 39.0 Å². The van der Waals surface area contributed by atoms with Gasteiger partial charge >= 0.3 is 0 Å². The van der Waals surface area contributed by atoms with E-state index in [1.807, 2.05) is 0 Å².